The highest BCUT2D eigenvalue weighted by Crippen LogP contribution is 2.34. The lowest BCUT2D eigenvalue weighted by Crippen LogP contribution is -2.16. The van der Waals surface area contributed by atoms with Crippen LogP contribution in [-0.2, 0) is 16.1 Å². The summed E-state index contributed by atoms with van der Waals surface area (Å²) in [7, 11) is 0. The Hall–Kier alpha value is -3.57. The lowest BCUT2D eigenvalue weighted by atomic mass is 10.1. The van der Waals surface area contributed by atoms with Gasteiger partial charge >= 0.3 is 5.97 Å². The minimum absolute atomic E-state index is 0.0842. The monoisotopic (exact) mass is 565 g/mol. The molecule has 1 amide bonds. The Kier molecular flexibility index (Phi) is 8.27. The molecule has 0 fully saturated rings. The summed E-state index contributed by atoms with van der Waals surface area (Å²) in [6, 6.07) is 15.2. The SMILES string of the molecule is CCOC(=O)c1c(NC(=O)/C(C#N)=C/c2c(C)n(Cc3ccc(Cl)cc3Cl)c3ccccc23)sc(C)c1C. The summed E-state index contributed by atoms with van der Waals surface area (Å²) in [5, 5.41) is 15.1. The highest BCUT2D eigenvalue weighted by molar-refractivity contribution is 7.16. The van der Waals surface area contributed by atoms with Crippen molar-refractivity contribution in [3.05, 3.63) is 90.9 Å². The molecule has 2 aromatic heterocycles. The molecule has 1 N–H and O–H groups in total. The number of aromatic nitrogens is 1. The second kappa shape index (κ2) is 11.4. The lowest BCUT2D eigenvalue weighted by Gasteiger charge is -2.11. The van der Waals surface area contributed by atoms with Crippen LogP contribution in [0.25, 0.3) is 17.0 Å². The highest BCUT2D eigenvalue weighted by Gasteiger charge is 2.24. The van der Waals surface area contributed by atoms with E-state index in [1.165, 1.54) is 11.3 Å². The number of aryl methyl sites for hydroxylation is 1. The van der Waals surface area contributed by atoms with Crippen LogP contribution < -0.4 is 5.32 Å². The van der Waals surface area contributed by atoms with E-state index in [1.807, 2.05) is 50.2 Å². The van der Waals surface area contributed by atoms with Crippen LogP contribution >= 0.6 is 34.5 Å². The maximum Gasteiger partial charge on any atom is 0.341 e. The Morgan fingerprint density at radius 1 is 1.16 bits per heavy atom. The summed E-state index contributed by atoms with van der Waals surface area (Å²) in [5.74, 6) is -1.11. The highest BCUT2D eigenvalue weighted by atomic mass is 35.5. The number of hydrogen-bond acceptors (Lipinski definition) is 5. The average Bonchev–Trinajstić information content (AvgIpc) is 3.31. The van der Waals surface area contributed by atoms with E-state index in [-0.39, 0.29) is 12.2 Å². The molecule has 9 heteroatoms. The molecule has 0 aliphatic heterocycles. The fraction of sp³-hybridized carbons (Fsp3) is 0.207. The smallest absolute Gasteiger partial charge is 0.341 e. The first-order valence-electron chi connectivity index (χ1n) is 11.9. The Balaban J connectivity index is 1.74. The number of anilines is 1. The van der Waals surface area contributed by atoms with Crippen LogP contribution in [0.2, 0.25) is 10.0 Å². The second-order valence-corrected chi connectivity index (χ2v) is 10.7. The summed E-state index contributed by atoms with van der Waals surface area (Å²) >= 11 is 13.8. The second-order valence-electron chi connectivity index (χ2n) is 8.67. The van der Waals surface area contributed by atoms with Gasteiger partial charge in [0, 0.05) is 43.6 Å². The van der Waals surface area contributed by atoms with Crippen LogP contribution in [0.5, 0.6) is 0 Å². The van der Waals surface area contributed by atoms with Crippen LogP contribution in [-0.4, -0.2) is 23.1 Å². The number of rotatable bonds is 7. The molecule has 4 aromatic rings. The van der Waals surface area contributed by atoms with Crippen molar-refractivity contribution in [3.8, 4) is 6.07 Å². The van der Waals surface area contributed by atoms with Crippen LogP contribution in [0.3, 0.4) is 0 Å². The number of halogens is 2. The number of amides is 1. The fourth-order valence-electron chi connectivity index (χ4n) is 4.29. The van der Waals surface area contributed by atoms with Gasteiger partial charge in [-0.1, -0.05) is 47.5 Å². The zero-order valence-electron chi connectivity index (χ0n) is 21.3. The van der Waals surface area contributed by atoms with Gasteiger partial charge in [0.2, 0.25) is 0 Å². The fourth-order valence-corrected chi connectivity index (χ4v) is 5.80. The molecule has 0 unspecified atom stereocenters. The molecule has 6 nitrogen and oxygen atoms in total. The van der Waals surface area contributed by atoms with Crippen molar-refractivity contribution in [1.82, 2.24) is 4.57 Å². The summed E-state index contributed by atoms with van der Waals surface area (Å²) in [5.41, 5.74) is 4.42. The number of fused-ring (bicyclic) bond motifs is 1. The minimum Gasteiger partial charge on any atom is -0.462 e. The minimum atomic E-state index is -0.601. The van der Waals surface area contributed by atoms with Gasteiger partial charge in [-0.15, -0.1) is 11.3 Å². The molecule has 0 saturated carbocycles. The molecule has 0 aliphatic carbocycles. The predicted molar refractivity (Wildman–Crippen MR) is 154 cm³/mol. The van der Waals surface area contributed by atoms with Gasteiger partial charge in [-0.2, -0.15) is 5.26 Å². The zero-order chi connectivity index (χ0) is 27.6. The van der Waals surface area contributed by atoms with Gasteiger partial charge in [0.1, 0.15) is 16.6 Å². The number of nitrogens with one attached hydrogen (secondary N) is 1. The Morgan fingerprint density at radius 2 is 1.89 bits per heavy atom. The number of esters is 1. The van der Waals surface area contributed by atoms with E-state index in [2.05, 4.69) is 9.88 Å². The molecule has 194 valence electrons. The number of carbonyl (C=O) groups is 2. The summed E-state index contributed by atoms with van der Waals surface area (Å²) in [6.45, 7) is 8.04. The Bertz CT molecular complexity index is 1640. The number of thiophene rings is 1. The van der Waals surface area contributed by atoms with Gasteiger partial charge in [-0.3, -0.25) is 4.79 Å². The normalized spacial score (nSPS) is 11.4. The van der Waals surface area contributed by atoms with Gasteiger partial charge in [-0.05, 0) is 63.1 Å². The van der Waals surface area contributed by atoms with Crippen molar-refractivity contribution in [3.63, 3.8) is 0 Å². The topological polar surface area (TPSA) is 84.1 Å². The Morgan fingerprint density at radius 3 is 2.58 bits per heavy atom. The first-order chi connectivity index (χ1) is 18.2. The lowest BCUT2D eigenvalue weighted by molar-refractivity contribution is -0.112. The molecule has 4 rings (SSSR count). The number of nitrogens with zero attached hydrogens (tertiary/aromatic N) is 2. The van der Waals surface area contributed by atoms with Gasteiger partial charge in [0.25, 0.3) is 5.91 Å². The maximum atomic E-state index is 13.2. The van der Waals surface area contributed by atoms with E-state index < -0.39 is 11.9 Å². The largest absolute Gasteiger partial charge is 0.462 e. The van der Waals surface area contributed by atoms with E-state index in [1.54, 1.807) is 32.1 Å². The third kappa shape index (κ3) is 5.34. The molecule has 2 aromatic carbocycles. The number of para-hydroxylation sites is 1. The molecule has 0 atom stereocenters. The van der Waals surface area contributed by atoms with Crippen molar-refractivity contribution in [2.24, 2.45) is 0 Å². The maximum absolute atomic E-state index is 13.2. The average molecular weight is 567 g/mol. The van der Waals surface area contributed by atoms with Crippen LogP contribution in [0, 0.1) is 32.1 Å². The number of carbonyl (C=O) groups excluding carboxylic acids is 2. The molecule has 0 bridgehead atoms. The standard InChI is InChI=1S/C29H25Cl2N3O3S/c1-5-37-29(36)26-16(2)18(4)38-28(26)33-27(35)20(14-32)12-23-17(3)34(25-9-7-6-8-22(23)25)15-19-10-11-21(30)13-24(19)31/h6-13H,5,15H2,1-4H3,(H,33,35)/b20-12+. The quantitative estimate of drug-likeness (QED) is 0.141. The number of nitriles is 1. The summed E-state index contributed by atoms with van der Waals surface area (Å²) in [4.78, 5) is 26.7. The number of ether oxygens (including phenoxy) is 1. The molecular weight excluding hydrogens is 541 g/mol. The molecule has 0 aliphatic rings. The Labute approximate surface area is 235 Å². The van der Waals surface area contributed by atoms with Gasteiger partial charge in [0.15, 0.2) is 0 Å². The number of hydrogen-bond donors (Lipinski definition) is 1. The molecule has 2 heterocycles. The van der Waals surface area contributed by atoms with E-state index in [9.17, 15) is 14.9 Å². The molecule has 38 heavy (non-hydrogen) atoms. The first-order valence-corrected chi connectivity index (χ1v) is 13.5. The van der Waals surface area contributed by atoms with Crippen LogP contribution in [0.1, 0.15) is 44.5 Å². The van der Waals surface area contributed by atoms with E-state index in [0.29, 0.717) is 27.2 Å². The van der Waals surface area contributed by atoms with Gasteiger partial charge in [-0.25, -0.2) is 4.79 Å². The molecule has 0 radical (unpaired) electrons. The first kappa shape index (κ1) is 27.5. The van der Waals surface area contributed by atoms with E-state index >= 15 is 0 Å². The molecular formula is C29H25Cl2N3O3S. The van der Waals surface area contributed by atoms with Crippen molar-refractivity contribution in [1.29, 1.82) is 5.26 Å². The van der Waals surface area contributed by atoms with E-state index in [4.69, 9.17) is 27.9 Å². The van der Waals surface area contributed by atoms with Crippen molar-refractivity contribution < 1.29 is 14.3 Å². The molecule has 0 saturated heterocycles. The van der Waals surface area contributed by atoms with Gasteiger partial charge in [0.05, 0.1) is 12.2 Å². The third-order valence-corrected chi connectivity index (χ3v) is 8.08. The summed E-state index contributed by atoms with van der Waals surface area (Å²) < 4.78 is 7.27. The third-order valence-electron chi connectivity index (χ3n) is 6.37. The van der Waals surface area contributed by atoms with E-state index in [0.717, 1.165) is 38.2 Å². The van der Waals surface area contributed by atoms with Crippen LogP contribution in [0.4, 0.5) is 5.00 Å². The number of benzene rings is 2. The van der Waals surface area contributed by atoms with Crippen LogP contribution in [0.15, 0.2) is 48.0 Å². The summed E-state index contributed by atoms with van der Waals surface area (Å²) in [6.07, 6.45) is 1.59. The van der Waals surface area contributed by atoms with Crippen molar-refractivity contribution >= 4 is 68.4 Å². The predicted octanol–water partition coefficient (Wildman–Crippen LogP) is 7.71. The van der Waals surface area contributed by atoms with Gasteiger partial charge < -0.3 is 14.6 Å². The zero-order valence-corrected chi connectivity index (χ0v) is 23.6. The van der Waals surface area contributed by atoms with Crippen molar-refractivity contribution in [2.75, 3.05) is 11.9 Å². The molecule has 0 spiro atoms. The van der Waals surface area contributed by atoms with Crippen molar-refractivity contribution in [2.45, 2.75) is 34.2 Å².